The molecule has 0 unspecified atom stereocenters. The Balaban J connectivity index is 1.37. The van der Waals surface area contributed by atoms with E-state index in [0.717, 1.165) is 11.3 Å². The molecule has 9 nitrogen and oxygen atoms in total. The number of hydrogen-bond donors (Lipinski definition) is 3. The number of rotatable bonds is 7. The number of benzene rings is 2. The molecule has 0 spiro atoms. The first kappa shape index (κ1) is 25.8. The quantitative estimate of drug-likeness (QED) is 0.293. The van der Waals surface area contributed by atoms with Gasteiger partial charge in [-0.25, -0.2) is 9.97 Å². The van der Waals surface area contributed by atoms with E-state index in [0.29, 0.717) is 77.7 Å². The maximum absolute atomic E-state index is 13.4. The maximum atomic E-state index is 13.4. The van der Waals surface area contributed by atoms with Crippen LogP contribution in [0.1, 0.15) is 17.4 Å². The van der Waals surface area contributed by atoms with E-state index in [9.17, 15) is 9.59 Å². The van der Waals surface area contributed by atoms with Crippen molar-refractivity contribution in [2.45, 2.75) is 6.92 Å². The molecule has 38 heavy (non-hydrogen) atoms. The average molecular weight is 552 g/mol. The molecule has 3 N–H and O–H groups in total. The second-order valence-corrected chi connectivity index (χ2v) is 9.75. The van der Waals surface area contributed by atoms with Crippen molar-refractivity contribution in [2.24, 2.45) is 0 Å². The number of nitrogens with one attached hydrogen (secondary N) is 3. The fourth-order valence-corrected chi connectivity index (χ4v) is 4.87. The molecule has 1 fully saturated rings. The fraction of sp³-hybridized carbons (Fsp3) is 0.259. The molecule has 0 saturated carbocycles. The van der Waals surface area contributed by atoms with Crippen molar-refractivity contribution >= 4 is 57.6 Å². The van der Waals surface area contributed by atoms with Crippen molar-refractivity contribution in [3.63, 3.8) is 0 Å². The predicted molar refractivity (Wildman–Crippen MR) is 151 cm³/mol. The fourth-order valence-electron chi connectivity index (χ4n) is 4.45. The highest BCUT2D eigenvalue weighted by Gasteiger charge is 2.25. The predicted octanol–water partition coefficient (Wildman–Crippen LogP) is 4.44. The van der Waals surface area contributed by atoms with E-state index in [1.165, 1.54) is 6.92 Å². The largest absolute Gasteiger partial charge is 0.368 e. The third-order valence-corrected chi connectivity index (χ3v) is 7.19. The van der Waals surface area contributed by atoms with Gasteiger partial charge in [0.25, 0.3) is 5.91 Å². The minimum Gasteiger partial charge on any atom is -0.368 e. The molecule has 0 atom stereocenters. The van der Waals surface area contributed by atoms with Gasteiger partial charge in [0, 0.05) is 51.8 Å². The van der Waals surface area contributed by atoms with Crippen LogP contribution in [-0.4, -0.2) is 70.9 Å². The standard InChI is InChI=1S/C27H27Cl2N7O2/c1-17(37)30-10-11-31-25-19-16-21(32-26(19)34-24(33-25)18-6-3-2-4-7-18)27(38)36-14-12-35(13-15-36)22-9-5-8-20(28)23(22)29/h2-9,16H,10-15H2,1H3,(H,30,37)(H2,31,32,33,34). The van der Waals surface area contributed by atoms with Crippen LogP contribution < -0.4 is 15.5 Å². The molecule has 2 aromatic heterocycles. The Kier molecular flexibility index (Phi) is 7.67. The minimum absolute atomic E-state index is 0.100. The third kappa shape index (κ3) is 5.54. The van der Waals surface area contributed by atoms with Gasteiger partial charge in [-0.15, -0.1) is 0 Å². The summed E-state index contributed by atoms with van der Waals surface area (Å²) in [6, 6.07) is 17.0. The van der Waals surface area contributed by atoms with Crippen LogP contribution in [0.3, 0.4) is 0 Å². The zero-order chi connectivity index (χ0) is 26.6. The van der Waals surface area contributed by atoms with Crippen LogP contribution in [0.2, 0.25) is 10.0 Å². The molecule has 2 amide bonds. The summed E-state index contributed by atoms with van der Waals surface area (Å²) in [5.74, 6) is 0.921. The molecule has 11 heteroatoms. The van der Waals surface area contributed by atoms with E-state index >= 15 is 0 Å². The molecule has 196 valence electrons. The topological polar surface area (TPSA) is 106 Å². The van der Waals surface area contributed by atoms with Crippen LogP contribution in [0.25, 0.3) is 22.4 Å². The Morgan fingerprint density at radius 3 is 2.47 bits per heavy atom. The van der Waals surface area contributed by atoms with E-state index < -0.39 is 0 Å². The lowest BCUT2D eigenvalue weighted by molar-refractivity contribution is -0.118. The van der Waals surface area contributed by atoms with Gasteiger partial charge in [-0.3, -0.25) is 9.59 Å². The number of hydrogen-bond acceptors (Lipinski definition) is 6. The summed E-state index contributed by atoms with van der Waals surface area (Å²) in [7, 11) is 0. The van der Waals surface area contributed by atoms with Crippen molar-refractivity contribution in [1.82, 2.24) is 25.2 Å². The summed E-state index contributed by atoms with van der Waals surface area (Å²) in [4.78, 5) is 41.3. The highest BCUT2D eigenvalue weighted by molar-refractivity contribution is 6.43. The van der Waals surface area contributed by atoms with Crippen LogP contribution in [0, 0.1) is 0 Å². The van der Waals surface area contributed by atoms with Crippen LogP contribution in [0.4, 0.5) is 11.5 Å². The number of carbonyl (C=O) groups excluding carboxylic acids is 2. The van der Waals surface area contributed by atoms with E-state index in [1.807, 2.05) is 47.4 Å². The van der Waals surface area contributed by atoms with Gasteiger partial charge in [-0.1, -0.05) is 59.6 Å². The molecule has 4 aromatic rings. The van der Waals surface area contributed by atoms with Crippen LogP contribution >= 0.6 is 23.2 Å². The number of anilines is 2. The number of aromatic amines is 1. The zero-order valence-corrected chi connectivity index (χ0v) is 22.3. The van der Waals surface area contributed by atoms with Crippen molar-refractivity contribution in [1.29, 1.82) is 0 Å². The Labute approximate surface area is 230 Å². The smallest absolute Gasteiger partial charge is 0.270 e. The molecule has 1 aliphatic rings. The van der Waals surface area contributed by atoms with Crippen LogP contribution in [-0.2, 0) is 4.79 Å². The lowest BCUT2D eigenvalue weighted by Crippen LogP contribution is -2.49. The Morgan fingerprint density at radius 2 is 1.74 bits per heavy atom. The zero-order valence-electron chi connectivity index (χ0n) is 20.8. The van der Waals surface area contributed by atoms with Crippen molar-refractivity contribution in [3.8, 4) is 11.4 Å². The molecule has 3 heterocycles. The SMILES string of the molecule is CC(=O)NCCNc1nc(-c2ccccc2)nc2[nH]c(C(=O)N3CCN(c4cccc(Cl)c4Cl)CC3)cc12. The average Bonchev–Trinajstić information content (AvgIpc) is 3.37. The number of fused-ring (bicyclic) bond motifs is 1. The van der Waals surface area contributed by atoms with Gasteiger partial charge in [0.05, 0.1) is 21.1 Å². The number of H-pyrrole nitrogens is 1. The Morgan fingerprint density at radius 1 is 0.974 bits per heavy atom. The van der Waals surface area contributed by atoms with E-state index in [-0.39, 0.29) is 11.8 Å². The van der Waals surface area contributed by atoms with Crippen molar-refractivity contribution < 1.29 is 9.59 Å². The van der Waals surface area contributed by atoms with E-state index in [4.69, 9.17) is 33.2 Å². The van der Waals surface area contributed by atoms with Gasteiger partial charge in [-0.2, -0.15) is 0 Å². The van der Waals surface area contributed by atoms with Gasteiger partial charge in [0.1, 0.15) is 17.2 Å². The molecular weight excluding hydrogens is 525 g/mol. The van der Waals surface area contributed by atoms with Crippen molar-refractivity contribution in [2.75, 3.05) is 49.5 Å². The number of piperazine rings is 1. The first-order valence-electron chi connectivity index (χ1n) is 12.3. The number of amides is 2. The summed E-state index contributed by atoms with van der Waals surface area (Å²) in [5.41, 5.74) is 2.74. The molecule has 0 bridgehead atoms. The van der Waals surface area contributed by atoms with E-state index in [2.05, 4.69) is 20.5 Å². The van der Waals surface area contributed by atoms with Crippen LogP contribution in [0.15, 0.2) is 54.6 Å². The number of halogens is 2. The Hall–Kier alpha value is -3.82. The first-order valence-corrected chi connectivity index (χ1v) is 13.1. The lowest BCUT2D eigenvalue weighted by Gasteiger charge is -2.36. The minimum atomic E-state index is -0.106. The van der Waals surface area contributed by atoms with Crippen LogP contribution in [0.5, 0.6) is 0 Å². The molecule has 1 aliphatic heterocycles. The van der Waals surface area contributed by atoms with Gasteiger partial charge < -0.3 is 25.4 Å². The normalized spacial score (nSPS) is 13.6. The second-order valence-electron chi connectivity index (χ2n) is 8.97. The van der Waals surface area contributed by atoms with E-state index in [1.54, 1.807) is 12.1 Å². The third-order valence-electron chi connectivity index (χ3n) is 6.38. The van der Waals surface area contributed by atoms with Gasteiger partial charge in [-0.05, 0) is 18.2 Å². The van der Waals surface area contributed by atoms with Gasteiger partial charge >= 0.3 is 0 Å². The van der Waals surface area contributed by atoms with Gasteiger partial charge in [0.15, 0.2) is 5.82 Å². The summed E-state index contributed by atoms with van der Waals surface area (Å²) in [6.07, 6.45) is 0. The van der Waals surface area contributed by atoms with Crippen molar-refractivity contribution in [3.05, 3.63) is 70.3 Å². The molecular formula is C27H27Cl2N7O2. The maximum Gasteiger partial charge on any atom is 0.270 e. The molecule has 0 aliphatic carbocycles. The first-order chi connectivity index (χ1) is 18.4. The Bertz CT molecular complexity index is 1470. The summed E-state index contributed by atoms with van der Waals surface area (Å²) in [6.45, 7) is 4.75. The molecule has 1 saturated heterocycles. The number of carbonyl (C=O) groups is 2. The molecule has 0 radical (unpaired) electrons. The lowest BCUT2D eigenvalue weighted by atomic mass is 10.2. The summed E-state index contributed by atoms with van der Waals surface area (Å²) < 4.78 is 0. The highest BCUT2D eigenvalue weighted by atomic mass is 35.5. The summed E-state index contributed by atoms with van der Waals surface area (Å²) >= 11 is 12.6. The molecule has 5 rings (SSSR count). The second kappa shape index (κ2) is 11.3. The highest BCUT2D eigenvalue weighted by Crippen LogP contribution is 2.33. The number of nitrogens with zero attached hydrogens (tertiary/aromatic N) is 4. The van der Waals surface area contributed by atoms with Gasteiger partial charge in [0.2, 0.25) is 5.91 Å². The summed E-state index contributed by atoms with van der Waals surface area (Å²) in [5, 5.41) is 7.79. The number of aromatic nitrogens is 3. The monoisotopic (exact) mass is 551 g/mol. The molecule has 2 aromatic carbocycles.